The van der Waals surface area contributed by atoms with E-state index in [1.54, 1.807) is 32.0 Å². The molecule has 0 unspecified atom stereocenters. The largest absolute Gasteiger partial charge is 0.463 e. The number of hydrogen-bond acceptors (Lipinski definition) is 6. The van der Waals surface area contributed by atoms with Crippen LogP contribution >= 0.6 is 11.6 Å². The molecule has 180 valence electrons. The summed E-state index contributed by atoms with van der Waals surface area (Å²) in [5.74, 6) is -1.80. The molecule has 4 N–H and O–H groups in total. The maximum absolute atomic E-state index is 14.2. The molecule has 1 heterocycles. The Morgan fingerprint density at radius 3 is 2.56 bits per heavy atom. The second-order valence-electron chi connectivity index (χ2n) is 8.21. The van der Waals surface area contributed by atoms with Crippen molar-refractivity contribution < 1.29 is 18.7 Å². The number of halogens is 2. The number of amides is 1. The topological polar surface area (TPSA) is 123 Å². The van der Waals surface area contributed by atoms with Crippen LogP contribution in [-0.4, -0.2) is 46.0 Å². The Morgan fingerprint density at radius 2 is 1.94 bits per heavy atom. The Bertz CT molecular complexity index is 1110. The fourth-order valence-electron chi connectivity index (χ4n) is 3.55. The number of carbonyl (C=O) groups is 2. The van der Waals surface area contributed by atoms with Crippen LogP contribution in [0.5, 0.6) is 0 Å². The van der Waals surface area contributed by atoms with Gasteiger partial charge < -0.3 is 15.8 Å². The van der Waals surface area contributed by atoms with E-state index in [-0.39, 0.29) is 30.6 Å². The third-order valence-electron chi connectivity index (χ3n) is 5.20. The summed E-state index contributed by atoms with van der Waals surface area (Å²) in [5.41, 5.74) is 7.92. The van der Waals surface area contributed by atoms with Gasteiger partial charge in [-0.15, -0.1) is 5.10 Å². The average molecular weight is 488 g/mol. The number of ether oxygens (including phenoxy) is 1. The van der Waals surface area contributed by atoms with Crippen molar-refractivity contribution in [2.45, 2.75) is 38.8 Å². The van der Waals surface area contributed by atoms with Crippen molar-refractivity contribution in [1.29, 1.82) is 0 Å². The molecule has 1 aromatic heterocycles. The third-order valence-corrected chi connectivity index (χ3v) is 5.43. The molecular weight excluding hydrogens is 461 g/mol. The second-order valence-corrected chi connectivity index (χ2v) is 8.64. The zero-order chi connectivity index (χ0) is 24.7. The van der Waals surface area contributed by atoms with Gasteiger partial charge >= 0.3 is 5.97 Å². The molecule has 2 atom stereocenters. The highest BCUT2D eigenvalue weighted by atomic mass is 35.5. The molecule has 2 aromatic carbocycles. The summed E-state index contributed by atoms with van der Waals surface area (Å²) in [5, 5.41) is 13.1. The molecule has 0 saturated heterocycles. The smallest absolute Gasteiger partial charge is 0.310 e. The van der Waals surface area contributed by atoms with Crippen molar-refractivity contribution in [2.24, 2.45) is 11.7 Å². The van der Waals surface area contributed by atoms with Gasteiger partial charge in [0, 0.05) is 23.2 Å². The van der Waals surface area contributed by atoms with Crippen LogP contribution in [0.2, 0.25) is 5.02 Å². The minimum absolute atomic E-state index is 0.0782. The molecular formula is C24H27ClFN5O3. The van der Waals surface area contributed by atoms with E-state index in [9.17, 15) is 14.0 Å². The fourth-order valence-corrected chi connectivity index (χ4v) is 3.72. The summed E-state index contributed by atoms with van der Waals surface area (Å²) in [6.45, 7) is 3.61. The number of nitrogens with one attached hydrogen (secondary N) is 2. The number of H-pyrrole nitrogens is 1. The average Bonchev–Trinajstić information content (AvgIpc) is 3.34. The van der Waals surface area contributed by atoms with Gasteiger partial charge in [0.05, 0.1) is 18.2 Å². The van der Waals surface area contributed by atoms with Gasteiger partial charge in [-0.3, -0.25) is 14.7 Å². The maximum Gasteiger partial charge on any atom is 0.310 e. The molecule has 10 heteroatoms. The van der Waals surface area contributed by atoms with E-state index < -0.39 is 23.8 Å². The van der Waals surface area contributed by atoms with Crippen molar-refractivity contribution in [3.8, 4) is 11.1 Å². The summed E-state index contributed by atoms with van der Waals surface area (Å²) in [6.07, 6.45) is 1.79. The van der Waals surface area contributed by atoms with Gasteiger partial charge in [-0.05, 0) is 56.0 Å². The number of aromatic amines is 1. The number of nitrogens with two attached hydrogens (primary N) is 1. The first-order valence-electron chi connectivity index (χ1n) is 10.9. The maximum atomic E-state index is 14.2. The molecule has 34 heavy (non-hydrogen) atoms. The zero-order valence-corrected chi connectivity index (χ0v) is 19.7. The van der Waals surface area contributed by atoms with Crippen LogP contribution < -0.4 is 11.1 Å². The minimum Gasteiger partial charge on any atom is -0.463 e. The lowest BCUT2D eigenvalue weighted by molar-refractivity contribution is -0.152. The lowest BCUT2D eigenvalue weighted by Gasteiger charge is -2.23. The van der Waals surface area contributed by atoms with E-state index in [4.69, 9.17) is 22.1 Å². The van der Waals surface area contributed by atoms with Crippen LogP contribution in [0.3, 0.4) is 0 Å². The highest BCUT2D eigenvalue weighted by Gasteiger charge is 2.26. The highest BCUT2D eigenvalue weighted by Crippen LogP contribution is 2.27. The van der Waals surface area contributed by atoms with Gasteiger partial charge in [0.25, 0.3) is 5.91 Å². The standard InChI is InChI=1S/C24H27ClFN5O3/c1-14(2)34-24(33)17(12-27)10-19(29-23(32)22-13-28-31-30-22)9-15-3-5-16(6-4-15)20-11-18(25)7-8-21(20)26/h3-8,11,13-14,17,19H,9-10,12,27H2,1-2H3,(H,29,32)(H,28,30,31)/t17-,19+/m0/s1. The van der Waals surface area contributed by atoms with Crippen LogP contribution in [0.25, 0.3) is 11.1 Å². The molecule has 0 bridgehead atoms. The highest BCUT2D eigenvalue weighted by molar-refractivity contribution is 6.30. The molecule has 0 aliphatic heterocycles. The predicted molar refractivity (Wildman–Crippen MR) is 127 cm³/mol. The Hall–Kier alpha value is -3.30. The van der Waals surface area contributed by atoms with Crippen LogP contribution in [0.15, 0.2) is 48.7 Å². The SMILES string of the molecule is CC(C)OC(=O)[C@H](CN)C[C@@H](Cc1ccc(-c2cc(Cl)ccc2F)cc1)NC(=O)c1c[nH]nn1. The van der Waals surface area contributed by atoms with Gasteiger partial charge in [0.15, 0.2) is 5.69 Å². The molecule has 8 nitrogen and oxygen atoms in total. The van der Waals surface area contributed by atoms with Crippen LogP contribution in [0.1, 0.15) is 36.3 Å². The van der Waals surface area contributed by atoms with Crippen LogP contribution in [0.4, 0.5) is 4.39 Å². The van der Waals surface area contributed by atoms with Crippen molar-refractivity contribution >= 4 is 23.5 Å². The molecule has 0 aliphatic rings. The number of hydrogen-bond donors (Lipinski definition) is 3. The number of esters is 1. The lowest BCUT2D eigenvalue weighted by atomic mass is 9.93. The first-order chi connectivity index (χ1) is 16.3. The normalized spacial score (nSPS) is 12.9. The first kappa shape index (κ1) is 25.3. The Morgan fingerprint density at radius 1 is 1.21 bits per heavy atom. The van der Waals surface area contributed by atoms with E-state index in [0.717, 1.165) is 5.56 Å². The summed E-state index contributed by atoms with van der Waals surface area (Å²) >= 11 is 6.01. The van der Waals surface area contributed by atoms with Crippen molar-refractivity contribution in [3.05, 3.63) is 70.8 Å². The first-order valence-corrected chi connectivity index (χ1v) is 11.3. The van der Waals surface area contributed by atoms with Crippen molar-refractivity contribution in [2.75, 3.05) is 6.54 Å². The van der Waals surface area contributed by atoms with Crippen molar-refractivity contribution in [3.63, 3.8) is 0 Å². The Balaban J connectivity index is 1.79. The second kappa shape index (κ2) is 11.7. The van der Waals surface area contributed by atoms with E-state index in [2.05, 4.69) is 20.7 Å². The summed E-state index contributed by atoms with van der Waals surface area (Å²) in [6, 6.07) is 11.2. The number of benzene rings is 2. The van der Waals surface area contributed by atoms with Crippen LogP contribution in [0, 0.1) is 11.7 Å². The number of carbonyl (C=O) groups excluding carboxylic acids is 2. The third kappa shape index (κ3) is 6.85. The van der Waals surface area contributed by atoms with Gasteiger partial charge in [-0.1, -0.05) is 41.1 Å². The van der Waals surface area contributed by atoms with Gasteiger partial charge in [-0.25, -0.2) is 4.39 Å². The summed E-state index contributed by atoms with van der Waals surface area (Å²) in [4.78, 5) is 25.1. The molecule has 0 aliphatic carbocycles. The fraction of sp³-hybridized carbons (Fsp3) is 0.333. The molecule has 3 rings (SSSR count). The lowest BCUT2D eigenvalue weighted by Crippen LogP contribution is -2.41. The van der Waals surface area contributed by atoms with E-state index in [1.165, 1.54) is 18.3 Å². The Labute approximate surface area is 202 Å². The number of rotatable bonds is 10. The predicted octanol–water partition coefficient (Wildman–Crippen LogP) is 3.52. The van der Waals surface area contributed by atoms with Gasteiger partial charge in [-0.2, -0.15) is 0 Å². The molecule has 3 aromatic rings. The molecule has 0 spiro atoms. The van der Waals surface area contributed by atoms with E-state index in [0.29, 0.717) is 22.6 Å². The van der Waals surface area contributed by atoms with Crippen LogP contribution in [-0.2, 0) is 16.0 Å². The van der Waals surface area contributed by atoms with Gasteiger partial charge in [0.1, 0.15) is 5.82 Å². The molecule has 0 fully saturated rings. The number of aromatic nitrogens is 3. The molecule has 1 amide bonds. The molecule has 0 radical (unpaired) electrons. The zero-order valence-electron chi connectivity index (χ0n) is 18.9. The summed E-state index contributed by atoms with van der Waals surface area (Å²) in [7, 11) is 0. The quantitative estimate of drug-likeness (QED) is 0.376. The Kier molecular flexibility index (Phi) is 8.72. The summed E-state index contributed by atoms with van der Waals surface area (Å²) < 4.78 is 19.5. The monoisotopic (exact) mass is 487 g/mol. The van der Waals surface area contributed by atoms with E-state index in [1.807, 2.05) is 12.1 Å². The number of nitrogens with zero attached hydrogens (tertiary/aromatic N) is 2. The minimum atomic E-state index is -0.593. The van der Waals surface area contributed by atoms with Gasteiger partial charge in [0.2, 0.25) is 0 Å². The molecule has 0 saturated carbocycles. The van der Waals surface area contributed by atoms with E-state index >= 15 is 0 Å². The van der Waals surface area contributed by atoms with Crippen molar-refractivity contribution in [1.82, 2.24) is 20.7 Å².